The Kier molecular flexibility index (Phi) is 3.82. The van der Waals surface area contributed by atoms with Gasteiger partial charge in [0.2, 0.25) is 5.89 Å². The molecule has 0 spiro atoms. The van der Waals surface area contributed by atoms with Crippen LogP contribution in [0.5, 0.6) is 0 Å². The molecule has 1 heterocycles. The summed E-state index contributed by atoms with van der Waals surface area (Å²) >= 11 is 0. The molecule has 3 nitrogen and oxygen atoms in total. The molecule has 0 aliphatic rings. The van der Waals surface area contributed by atoms with Crippen molar-refractivity contribution in [2.75, 3.05) is 0 Å². The quantitative estimate of drug-likeness (QED) is 0.895. The van der Waals surface area contributed by atoms with Crippen LogP contribution in [0.1, 0.15) is 30.7 Å². The van der Waals surface area contributed by atoms with Crippen LogP contribution in [-0.4, -0.2) is 11.0 Å². The summed E-state index contributed by atoms with van der Waals surface area (Å²) in [6, 6.07) is 6.64. The van der Waals surface area contributed by atoms with Gasteiger partial charge in [-0.25, -0.2) is 4.98 Å². The lowest BCUT2D eigenvalue weighted by Gasteiger charge is -2.05. The molecule has 1 N–H and O–H groups in total. The Morgan fingerprint density at radius 3 is 2.78 bits per heavy atom. The molecule has 0 unspecified atom stereocenters. The van der Waals surface area contributed by atoms with Gasteiger partial charge in [-0.1, -0.05) is 26.0 Å². The Labute approximate surface area is 108 Å². The molecule has 0 fully saturated rings. The van der Waals surface area contributed by atoms with Crippen molar-refractivity contribution in [2.45, 2.75) is 40.3 Å². The van der Waals surface area contributed by atoms with E-state index < -0.39 is 0 Å². The zero-order chi connectivity index (χ0) is 13.1. The number of benzene rings is 1. The van der Waals surface area contributed by atoms with E-state index in [4.69, 9.17) is 4.42 Å². The van der Waals surface area contributed by atoms with E-state index in [2.05, 4.69) is 44.1 Å². The molecule has 2 aromatic rings. The van der Waals surface area contributed by atoms with Gasteiger partial charge in [0.15, 0.2) is 0 Å². The van der Waals surface area contributed by atoms with Gasteiger partial charge in [0.1, 0.15) is 6.26 Å². The molecule has 18 heavy (non-hydrogen) atoms. The van der Waals surface area contributed by atoms with E-state index in [1.165, 1.54) is 11.1 Å². The summed E-state index contributed by atoms with van der Waals surface area (Å²) in [4.78, 5) is 4.53. The topological polar surface area (TPSA) is 38.1 Å². The SMILES string of the molecule is Cc1cccc(-c2nc(CNC(C)C)co2)c1C. The Morgan fingerprint density at radius 1 is 1.28 bits per heavy atom. The van der Waals surface area contributed by atoms with Gasteiger partial charge in [-0.3, -0.25) is 0 Å². The second-order valence-electron chi connectivity index (χ2n) is 4.93. The number of oxazole rings is 1. The molecule has 0 atom stereocenters. The number of aromatic nitrogens is 1. The van der Waals surface area contributed by atoms with Gasteiger partial charge in [-0.15, -0.1) is 0 Å². The first-order valence-electron chi connectivity index (χ1n) is 6.32. The highest BCUT2D eigenvalue weighted by molar-refractivity contribution is 5.60. The van der Waals surface area contributed by atoms with Crippen molar-refractivity contribution in [3.8, 4) is 11.5 Å². The smallest absolute Gasteiger partial charge is 0.226 e. The first-order chi connectivity index (χ1) is 8.58. The van der Waals surface area contributed by atoms with Crippen molar-refractivity contribution in [1.29, 1.82) is 0 Å². The van der Waals surface area contributed by atoms with Crippen LogP contribution in [-0.2, 0) is 6.54 Å². The fourth-order valence-electron chi connectivity index (χ4n) is 1.80. The fraction of sp³-hybridized carbons (Fsp3) is 0.400. The predicted octanol–water partition coefficient (Wildman–Crippen LogP) is 3.46. The van der Waals surface area contributed by atoms with E-state index in [0.717, 1.165) is 17.8 Å². The third-order valence-electron chi connectivity index (χ3n) is 3.08. The highest BCUT2D eigenvalue weighted by Gasteiger charge is 2.10. The van der Waals surface area contributed by atoms with E-state index in [1.807, 2.05) is 12.1 Å². The van der Waals surface area contributed by atoms with Gasteiger partial charge in [-0.05, 0) is 31.0 Å². The maximum atomic E-state index is 5.57. The zero-order valence-electron chi connectivity index (χ0n) is 11.4. The van der Waals surface area contributed by atoms with Crippen LogP contribution in [0, 0.1) is 13.8 Å². The number of nitrogens with zero attached hydrogens (tertiary/aromatic N) is 1. The normalized spacial score (nSPS) is 11.2. The fourth-order valence-corrected chi connectivity index (χ4v) is 1.80. The van der Waals surface area contributed by atoms with Gasteiger partial charge in [-0.2, -0.15) is 0 Å². The van der Waals surface area contributed by atoms with Crippen molar-refractivity contribution in [3.05, 3.63) is 41.3 Å². The van der Waals surface area contributed by atoms with Gasteiger partial charge in [0, 0.05) is 18.2 Å². The van der Waals surface area contributed by atoms with E-state index in [0.29, 0.717) is 11.9 Å². The Morgan fingerprint density at radius 2 is 2.06 bits per heavy atom. The monoisotopic (exact) mass is 244 g/mol. The zero-order valence-corrected chi connectivity index (χ0v) is 11.4. The second-order valence-corrected chi connectivity index (χ2v) is 4.93. The summed E-state index contributed by atoms with van der Waals surface area (Å²) in [5.74, 6) is 0.705. The summed E-state index contributed by atoms with van der Waals surface area (Å²) in [6.07, 6.45) is 1.73. The minimum Gasteiger partial charge on any atom is -0.444 e. The summed E-state index contributed by atoms with van der Waals surface area (Å²) in [7, 11) is 0. The van der Waals surface area contributed by atoms with Crippen molar-refractivity contribution < 1.29 is 4.42 Å². The molecule has 0 bridgehead atoms. The first kappa shape index (κ1) is 12.8. The largest absolute Gasteiger partial charge is 0.444 e. The molecule has 0 amide bonds. The first-order valence-corrected chi connectivity index (χ1v) is 6.32. The van der Waals surface area contributed by atoms with E-state index >= 15 is 0 Å². The summed E-state index contributed by atoms with van der Waals surface area (Å²) < 4.78 is 5.57. The van der Waals surface area contributed by atoms with Crippen molar-refractivity contribution in [2.24, 2.45) is 0 Å². The number of rotatable bonds is 4. The molecule has 96 valence electrons. The molecule has 2 rings (SSSR count). The van der Waals surface area contributed by atoms with Crippen LogP contribution in [0.3, 0.4) is 0 Å². The van der Waals surface area contributed by atoms with E-state index in [-0.39, 0.29) is 0 Å². The third kappa shape index (κ3) is 2.79. The molecule has 1 aromatic carbocycles. The summed E-state index contributed by atoms with van der Waals surface area (Å²) in [5, 5.41) is 3.33. The molecule has 0 radical (unpaired) electrons. The second kappa shape index (κ2) is 5.36. The van der Waals surface area contributed by atoms with Gasteiger partial charge in [0.05, 0.1) is 5.69 Å². The molecular formula is C15H20N2O. The molecule has 0 saturated carbocycles. The highest BCUT2D eigenvalue weighted by atomic mass is 16.3. The Bertz CT molecular complexity index is 529. The standard InChI is InChI=1S/C15H20N2O/c1-10(2)16-8-13-9-18-15(17-13)14-7-5-6-11(3)12(14)4/h5-7,9-10,16H,8H2,1-4H3. The van der Waals surface area contributed by atoms with E-state index in [9.17, 15) is 0 Å². The Balaban J connectivity index is 2.21. The minimum atomic E-state index is 0.450. The van der Waals surface area contributed by atoms with Crippen molar-refractivity contribution in [1.82, 2.24) is 10.3 Å². The predicted molar refractivity (Wildman–Crippen MR) is 73.4 cm³/mol. The van der Waals surface area contributed by atoms with Crippen LogP contribution in [0.25, 0.3) is 11.5 Å². The average Bonchev–Trinajstić information content (AvgIpc) is 2.78. The maximum absolute atomic E-state index is 5.57. The van der Waals surface area contributed by atoms with Crippen LogP contribution < -0.4 is 5.32 Å². The average molecular weight is 244 g/mol. The number of nitrogens with one attached hydrogen (secondary N) is 1. The summed E-state index contributed by atoms with van der Waals surface area (Å²) in [6.45, 7) is 9.17. The van der Waals surface area contributed by atoms with Crippen molar-refractivity contribution >= 4 is 0 Å². The number of hydrogen-bond donors (Lipinski definition) is 1. The van der Waals surface area contributed by atoms with Crippen LogP contribution >= 0.6 is 0 Å². The third-order valence-corrected chi connectivity index (χ3v) is 3.08. The van der Waals surface area contributed by atoms with Crippen LogP contribution in [0.4, 0.5) is 0 Å². The molecule has 1 aromatic heterocycles. The number of aryl methyl sites for hydroxylation is 1. The van der Waals surface area contributed by atoms with Crippen LogP contribution in [0.2, 0.25) is 0 Å². The van der Waals surface area contributed by atoms with Crippen LogP contribution in [0.15, 0.2) is 28.9 Å². The highest BCUT2D eigenvalue weighted by Crippen LogP contribution is 2.24. The van der Waals surface area contributed by atoms with Gasteiger partial charge in [0.25, 0.3) is 0 Å². The van der Waals surface area contributed by atoms with E-state index in [1.54, 1.807) is 6.26 Å². The molecular weight excluding hydrogens is 224 g/mol. The molecule has 3 heteroatoms. The lowest BCUT2D eigenvalue weighted by Crippen LogP contribution is -2.21. The molecule has 0 aliphatic heterocycles. The summed E-state index contributed by atoms with van der Waals surface area (Å²) in [5.41, 5.74) is 4.50. The van der Waals surface area contributed by atoms with Crippen molar-refractivity contribution in [3.63, 3.8) is 0 Å². The lowest BCUT2D eigenvalue weighted by molar-refractivity contribution is 0.560. The lowest BCUT2D eigenvalue weighted by atomic mass is 10.0. The molecule has 0 aliphatic carbocycles. The molecule has 0 saturated heterocycles. The minimum absolute atomic E-state index is 0.450. The Hall–Kier alpha value is -1.61. The maximum Gasteiger partial charge on any atom is 0.226 e. The van der Waals surface area contributed by atoms with Gasteiger partial charge < -0.3 is 9.73 Å². The number of hydrogen-bond acceptors (Lipinski definition) is 3. The van der Waals surface area contributed by atoms with Gasteiger partial charge >= 0.3 is 0 Å².